The number of halogens is 1. The van der Waals surface area contributed by atoms with Crippen molar-refractivity contribution in [2.75, 3.05) is 0 Å². The van der Waals surface area contributed by atoms with Crippen LogP contribution in [-0.4, -0.2) is 23.1 Å². The van der Waals surface area contributed by atoms with Gasteiger partial charge in [-0.1, -0.05) is 25.8 Å². The summed E-state index contributed by atoms with van der Waals surface area (Å²) in [6.45, 7) is 11.7. The average molecular weight is 257 g/mol. The molecule has 0 radical (unpaired) electrons. The Morgan fingerprint density at radius 2 is 1.47 bits per heavy atom. The molecule has 15 heavy (non-hydrogen) atoms. The second kappa shape index (κ2) is 17.0. The Hall–Kier alpha value is 0.576. The Balaban J connectivity index is -0.0000000701. The fourth-order valence-electron chi connectivity index (χ4n) is 0.478. The summed E-state index contributed by atoms with van der Waals surface area (Å²) in [5.74, 6) is 0.773. The van der Waals surface area contributed by atoms with Crippen LogP contribution in [0.2, 0.25) is 0 Å². The van der Waals surface area contributed by atoms with Gasteiger partial charge in [-0.2, -0.15) is 40.9 Å². The van der Waals surface area contributed by atoms with Crippen LogP contribution < -0.4 is 0 Å². The van der Waals surface area contributed by atoms with Gasteiger partial charge >= 0.3 is 23.1 Å². The Labute approximate surface area is 121 Å². The van der Waals surface area contributed by atoms with Crippen molar-refractivity contribution < 1.29 is 0 Å². The van der Waals surface area contributed by atoms with Crippen LogP contribution in [0.15, 0.2) is 30.3 Å². The van der Waals surface area contributed by atoms with Crippen LogP contribution in [-0.2, 0) is 0 Å². The molecular formula is C12H22ClMgP. The van der Waals surface area contributed by atoms with Gasteiger partial charge in [-0.15, -0.1) is 24.5 Å². The van der Waals surface area contributed by atoms with Crippen LogP contribution >= 0.6 is 22.3 Å². The van der Waals surface area contributed by atoms with Gasteiger partial charge in [0.2, 0.25) is 0 Å². The van der Waals surface area contributed by atoms with E-state index in [1.807, 2.05) is 30.3 Å². The molecule has 1 rings (SSSR count). The summed E-state index contributed by atoms with van der Waals surface area (Å²) in [5, 5.41) is 0. The monoisotopic (exact) mass is 256 g/mol. The molecule has 84 valence electrons. The molecule has 1 aromatic rings. The molecule has 0 spiro atoms. The molecule has 0 heterocycles. The first-order valence-electron chi connectivity index (χ1n) is 4.33. The van der Waals surface area contributed by atoms with Gasteiger partial charge in [-0.05, 0) is 0 Å². The van der Waals surface area contributed by atoms with Gasteiger partial charge in [0, 0.05) is 0 Å². The first-order chi connectivity index (χ1) is 5.66. The second-order valence-electron chi connectivity index (χ2n) is 3.17. The largest absolute Gasteiger partial charge is 2.00 e. The smallest absolute Gasteiger partial charge is 0.343 e. The molecule has 1 aromatic carbocycles. The first kappa shape index (κ1) is 24.7. The first-order valence-corrected chi connectivity index (χ1v) is 4.33. The standard InChI is InChI=1S/C7H7.C5H11.ClH.Mg.H3P/c1-7-5-3-2-4-6-7;1-4-5(2)3;;;/h2-6H,1H2;5H,1,4H2,2-3H3;1H;;1H3/q2*-1;;+2;. The van der Waals surface area contributed by atoms with E-state index in [0.29, 0.717) is 0 Å². The number of hydrogen-bond acceptors (Lipinski definition) is 0. The number of benzene rings is 1. The fourth-order valence-corrected chi connectivity index (χ4v) is 0.478. The van der Waals surface area contributed by atoms with Crippen molar-refractivity contribution in [1.82, 2.24) is 0 Å². The molecule has 1 atom stereocenters. The van der Waals surface area contributed by atoms with E-state index in [0.717, 1.165) is 17.9 Å². The van der Waals surface area contributed by atoms with Crippen LogP contribution in [0.5, 0.6) is 0 Å². The van der Waals surface area contributed by atoms with E-state index in [2.05, 4.69) is 27.7 Å². The Kier molecular flexibility index (Phi) is 28.0. The van der Waals surface area contributed by atoms with Crippen LogP contribution in [0.4, 0.5) is 0 Å². The zero-order valence-corrected chi connectivity index (χ0v) is 13.6. The molecule has 0 aliphatic heterocycles. The maximum atomic E-state index is 3.72. The van der Waals surface area contributed by atoms with Crippen molar-refractivity contribution in [3.8, 4) is 0 Å². The van der Waals surface area contributed by atoms with E-state index in [4.69, 9.17) is 0 Å². The van der Waals surface area contributed by atoms with E-state index in [1.54, 1.807) is 0 Å². The van der Waals surface area contributed by atoms with Gasteiger partial charge in [0.25, 0.3) is 0 Å². The molecule has 0 saturated carbocycles. The molecule has 0 saturated heterocycles. The predicted molar refractivity (Wildman–Crippen MR) is 79.8 cm³/mol. The molecule has 0 amide bonds. The zero-order valence-electron chi connectivity index (χ0n) is 9.91. The predicted octanol–water partition coefficient (Wildman–Crippen LogP) is 3.83. The molecule has 0 aromatic heterocycles. The van der Waals surface area contributed by atoms with Crippen LogP contribution in [0.25, 0.3) is 0 Å². The minimum atomic E-state index is 0. The summed E-state index contributed by atoms with van der Waals surface area (Å²) >= 11 is 0. The van der Waals surface area contributed by atoms with Gasteiger partial charge in [0.05, 0.1) is 0 Å². The van der Waals surface area contributed by atoms with E-state index < -0.39 is 0 Å². The maximum absolute atomic E-state index is 3.72. The topological polar surface area (TPSA) is 0 Å². The summed E-state index contributed by atoms with van der Waals surface area (Å²) in [6.07, 6.45) is 1.06. The molecule has 0 aliphatic carbocycles. The SMILES string of the molecule is Cl.P.[CH2-]CC(C)C.[CH2-]c1ccccc1.[Mg+2]. The van der Waals surface area contributed by atoms with Gasteiger partial charge in [0.1, 0.15) is 0 Å². The minimum absolute atomic E-state index is 0. The van der Waals surface area contributed by atoms with E-state index in [-0.39, 0.29) is 45.4 Å². The molecule has 0 nitrogen and oxygen atoms in total. The van der Waals surface area contributed by atoms with E-state index in [1.165, 1.54) is 0 Å². The third kappa shape index (κ3) is 20.6. The number of hydrogen-bond donors (Lipinski definition) is 0. The van der Waals surface area contributed by atoms with E-state index in [9.17, 15) is 0 Å². The Morgan fingerprint density at radius 1 is 1.13 bits per heavy atom. The summed E-state index contributed by atoms with van der Waals surface area (Å²) in [5.41, 5.74) is 1.07. The molecular weight excluding hydrogens is 235 g/mol. The maximum Gasteiger partial charge on any atom is 2.00 e. The van der Waals surface area contributed by atoms with Crippen molar-refractivity contribution in [2.45, 2.75) is 20.3 Å². The van der Waals surface area contributed by atoms with Crippen LogP contribution in [0.1, 0.15) is 25.8 Å². The van der Waals surface area contributed by atoms with Crippen molar-refractivity contribution >= 4 is 45.4 Å². The van der Waals surface area contributed by atoms with E-state index >= 15 is 0 Å². The average Bonchev–Trinajstić information content (AvgIpc) is 2.07. The van der Waals surface area contributed by atoms with Gasteiger partial charge in [0.15, 0.2) is 0 Å². The summed E-state index contributed by atoms with van der Waals surface area (Å²) in [6, 6.07) is 9.87. The summed E-state index contributed by atoms with van der Waals surface area (Å²) in [4.78, 5) is 0. The Morgan fingerprint density at radius 3 is 1.60 bits per heavy atom. The third-order valence-corrected chi connectivity index (χ3v) is 1.42. The van der Waals surface area contributed by atoms with Crippen LogP contribution in [0, 0.1) is 19.8 Å². The number of rotatable bonds is 1. The molecule has 0 aliphatic rings. The summed E-state index contributed by atoms with van der Waals surface area (Å²) < 4.78 is 0. The molecule has 0 bridgehead atoms. The zero-order chi connectivity index (χ0) is 9.40. The van der Waals surface area contributed by atoms with Crippen molar-refractivity contribution in [2.24, 2.45) is 5.92 Å². The van der Waals surface area contributed by atoms with Gasteiger partial charge in [-0.25, -0.2) is 0 Å². The molecule has 3 heteroatoms. The quantitative estimate of drug-likeness (QED) is 0.407. The van der Waals surface area contributed by atoms with Crippen LogP contribution in [0.3, 0.4) is 0 Å². The molecule has 1 unspecified atom stereocenters. The van der Waals surface area contributed by atoms with Crippen molar-refractivity contribution in [1.29, 1.82) is 0 Å². The normalized spacial score (nSPS) is 7.20. The molecule has 0 fully saturated rings. The van der Waals surface area contributed by atoms with Gasteiger partial charge < -0.3 is 6.92 Å². The third-order valence-electron chi connectivity index (χ3n) is 1.42. The minimum Gasteiger partial charge on any atom is -0.343 e. The fraction of sp³-hybridized carbons (Fsp3) is 0.333. The van der Waals surface area contributed by atoms with Gasteiger partial charge in [-0.3, -0.25) is 0 Å². The summed E-state index contributed by atoms with van der Waals surface area (Å²) in [7, 11) is 0. The van der Waals surface area contributed by atoms with Crippen molar-refractivity contribution in [3.63, 3.8) is 0 Å². The molecule has 0 N–H and O–H groups in total. The Bertz CT molecular complexity index is 190. The second-order valence-corrected chi connectivity index (χ2v) is 3.17. The van der Waals surface area contributed by atoms with Crippen molar-refractivity contribution in [3.05, 3.63) is 49.7 Å².